The quantitative estimate of drug-likeness (QED) is 0.731. The lowest BCUT2D eigenvalue weighted by molar-refractivity contribution is -0.137. The summed E-state index contributed by atoms with van der Waals surface area (Å²) in [6.45, 7) is 6.87. The first-order valence-electron chi connectivity index (χ1n) is 10.2. The molecule has 1 atom stereocenters. The van der Waals surface area contributed by atoms with Crippen molar-refractivity contribution < 1.29 is 13.2 Å². The second-order valence-electron chi connectivity index (χ2n) is 8.36. The van der Waals surface area contributed by atoms with E-state index in [1.54, 1.807) is 6.92 Å². The second kappa shape index (κ2) is 7.59. The van der Waals surface area contributed by atoms with E-state index in [-0.39, 0.29) is 0 Å². The van der Waals surface area contributed by atoms with E-state index < -0.39 is 11.7 Å². The Kier molecular flexibility index (Phi) is 5.27. The number of benzene rings is 1. The molecule has 0 saturated carbocycles. The monoisotopic (exact) mass is 404 g/mol. The molecule has 156 valence electrons. The molecule has 7 heteroatoms. The first kappa shape index (κ1) is 20.1. The maximum Gasteiger partial charge on any atom is 0.416 e. The fraction of sp³-hybridized carbons (Fsp3) is 0.545. The molecule has 29 heavy (non-hydrogen) atoms. The van der Waals surface area contributed by atoms with E-state index in [2.05, 4.69) is 27.0 Å². The smallest absolute Gasteiger partial charge is 0.351 e. The Balaban J connectivity index is 1.70. The van der Waals surface area contributed by atoms with Crippen molar-refractivity contribution in [3.8, 4) is 11.3 Å². The maximum absolute atomic E-state index is 13.0. The molecule has 2 aliphatic heterocycles. The van der Waals surface area contributed by atoms with Crippen LogP contribution in [0.2, 0.25) is 0 Å². The third kappa shape index (κ3) is 3.84. The number of likely N-dealkylation sites (tertiary alicyclic amines) is 1. The average molecular weight is 404 g/mol. The Bertz CT molecular complexity index is 910. The highest BCUT2D eigenvalue weighted by Crippen LogP contribution is 2.37. The molecule has 0 bridgehead atoms. The summed E-state index contributed by atoms with van der Waals surface area (Å²) in [5.74, 6) is 0.961. The Morgan fingerprint density at radius 3 is 2.55 bits per heavy atom. The van der Waals surface area contributed by atoms with E-state index in [1.807, 2.05) is 6.92 Å². The van der Waals surface area contributed by atoms with Crippen LogP contribution in [0.3, 0.4) is 0 Å². The fourth-order valence-electron chi connectivity index (χ4n) is 4.72. The Morgan fingerprint density at radius 2 is 1.86 bits per heavy atom. The fourth-order valence-corrected chi connectivity index (χ4v) is 4.72. The summed E-state index contributed by atoms with van der Waals surface area (Å²) >= 11 is 0. The van der Waals surface area contributed by atoms with E-state index in [0.29, 0.717) is 17.3 Å². The maximum atomic E-state index is 13.0. The highest BCUT2D eigenvalue weighted by molar-refractivity contribution is 5.70. The van der Waals surface area contributed by atoms with Crippen LogP contribution in [0.5, 0.6) is 0 Å². The van der Waals surface area contributed by atoms with Gasteiger partial charge in [-0.3, -0.25) is 0 Å². The van der Waals surface area contributed by atoms with Crippen LogP contribution in [0.25, 0.3) is 11.3 Å². The van der Waals surface area contributed by atoms with Crippen molar-refractivity contribution in [2.24, 2.45) is 0 Å². The highest BCUT2D eigenvalue weighted by atomic mass is 19.4. The molecule has 1 aromatic carbocycles. The number of fused-ring (bicyclic) bond motifs is 1. The first-order valence-corrected chi connectivity index (χ1v) is 10.2. The van der Waals surface area contributed by atoms with Gasteiger partial charge < -0.3 is 9.80 Å². The van der Waals surface area contributed by atoms with Gasteiger partial charge in [-0.15, -0.1) is 10.2 Å². The standard InChI is InChI=1S/C22H27F3N4/c1-14-12-16(22(23,24)25)8-9-18(14)20-15(2)19-7-5-11-29(21(19)27-26-20)17-6-4-10-28(3)13-17/h8-9,12,17H,4-7,10-11,13H2,1-3H3/t17-/m1/s1. The van der Waals surface area contributed by atoms with Crippen molar-refractivity contribution in [3.63, 3.8) is 0 Å². The average Bonchev–Trinajstić information content (AvgIpc) is 2.68. The van der Waals surface area contributed by atoms with Gasteiger partial charge in [0.2, 0.25) is 0 Å². The number of likely N-dealkylation sites (N-methyl/N-ethyl adjacent to an activating group) is 1. The van der Waals surface area contributed by atoms with E-state index >= 15 is 0 Å². The van der Waals surface area contributed by atoms with Gasteiger partial charge in [-0.1, -0.05) is 6.07 Å². The molecule has 0 amide bonds. The van der Waals surface area contributed by atoms with Crippen LogP contribution in [0.4, 0.5) is 19.0 Å². The predicted molar refractivity (Wildman–Crippen MR) is 108 cm³/mol. The molecule has 1 aromatic heterocycles. The van der Waals surface area contributed by atoms with E-state index in [1.165, 1.54) is 24.1 Å². The van der Waals surface area contributed by atoms with Crippen molar-refractivity contribution in [1.82, 2.24) is 15.1 Å². The van der Waals surface area contributed by atoms with E-state index in [9.17, 15) is 13.2 Å². The molecular formula is C22H27F3N4. The molecule has 0 aliphatic carbocycles. The van der Waals surface area contributed by atoms with Crippen LogP contribution in [0.15, 0.2) is 18.2 Å². The van der Waals surface area contributed by atoms with Crippen molar-refractivity contribution in [2.75, 3.05) is 31.6 Å². The summed E-state index contributed by atoms with van der Waals surface area (Å²) in [4.78, 5) is 4.76. The summed E-state index contributed by atoms with van der Waals surface area (Å²) in [6.07, 6.45) is -0.00630. The third-order valence-corrected chi connectivity index (χ3v) is 6.27. The van der Waals surface area contributed by atoms with Crippen LogP contribution in [-0.2, 0) is 12.6 Å². The van der Waals surface area contributed by atoms with Gasteiger partial charge in [-0.2, -0.15) is 13.2 Å². The number of alkyl halides is 3. The van der Waals surface area contributed by atoms with Gasteiger partial charge in [0, 0.05) is 30.3 Å². The van der Waals surface area contributed by atoms with Crippen LogP contribution in [0.1, 0.15) is 41.5 Å². The summed E-state index contributed by atoms with van der Waals surface area (Å²) < 4.78 is 39.1. The lowest BCUT2D eigenvalue weighted by atomic mass is 9.93. The summed E-state index contributed by atoms with van der Waals surface area (Å²) in [7, 11) is 2.16. The minimum atomic E-state index is -4.34. The van der Waals surface area contributed by atoms with Gasteiger partial charge in [0.1, 0.15) is 0 Å². The lowest BCUT2D eigenvalue weighted by Crippen LogP contribution is -2.49. The van der Waals surface area contributed by atoms with E-state index in [4.69, 9.17) is 0 Å². The van der Waals surface area contributed by atoms with E-state index in [0.717, 1.165) is 61.9 Å². The largest absolute Gasteiger partial charge is 0.416 e. The number of aromatic nitrogens is 2. The van der Waals surface area contributed by atoms with Crippen LogP contribution >= 0.6 is 0 Å². The topological polar surface area (TPSA) is 32.3 Å². The van der Waals surface area contributed by atoms with Gasteiger partial charge in [0.25, 0.3) is 0 Å². The number of aryl methyl sites for hydroxylation is 1. The molecule has 2 aromatic rings. The molecule has 0 spiro atoms. The summed E-state index contributed by atoms with van der Waals surface area (Å²) in [6, 6.07) is 4.30. The number of halogens is 3. The second-order valence-corrected chi connectivity index (χ2v) is 8.36. The molecule has 2 aliphatic rings. The molecule has 4 rings (SSSR count). The molecule has 4 nitrogen and oxygen atoms in total. The minimum absolute atomic E-state index is 0.445. The van der Waals surface area contributed by atoms with Crippen molar-refractivity contribution >= 4 is 5.82 Å². The molecule has 3 heterocycles. The van der Waals surface area contributed by atoms with Crippen LogP contribution in [-0.4, -0.2) is 47.8 Å². The normalized spacial score (nSPS) is 20.6. The molecular weight excluding hydrogens is 377 g/mol. The van der Waals surface area contributed by atoms with Gasteiger partial charge >= 0.3 is 6.18 Å². The van der Waals surface area contributed by atoms with Gasteiger partial charge in [0.15, 0.2) is 5.82 Å². The number of nitrogens with zero attached hydrogens (tertiary/aromatic N) is 4. The number of hydrogen-bond donors (Lipinski definition) is 0. The third-order valence-electron chi connectivity index (χ3n) is 6.27. The zero-order valence-corrected chi connectivity index (χ0v) is 17.2. The van der Waals surface area contributed by atoms with Gasteiger partial charge in [-0.05, 0) is 76.4 Å². The first-order chi connectivity index (χ1) is 13.8. The van der Waals surface area contributed by atoms with Gasteiger partial charge in [-0.25, -0.2) is 0 Å². The Morgan fingerprint density at radius 1 is 1.07 bits per heavy atom. The highest BCUT2D eigenvalue weighted by Gasteiger charge is 2.32. The Labute approximate surface area is 169 Å². The van der Waals surface area contributed by atoms with Crippen LogP contribution in [0, 0.1) is 13.8 Å². The minimum Gasteiger partial charge on any atom is -0.351 e. The number of piperidine rings is 1. The zero-order chi connectivity index (χ0) is 20.8. The molecule has 0 unspecified atom stereocenters. The van der Waals surface area contributed by atoms with Crippen molar-refractivity contribution in [3.05, 3.63) is 40.5 Å². The number of hydrogen-bond acceptors (Lipinski definition) is 4. The molecule has 1 saturated heterocycles. The SMILES string of the molecule is Cc1cc(C(F)(F)F)ccc1-c1nnc2c(c1C)CCCN2[C@@H]1CCCN(C)C1. The summed E-state index contributed by atoms with van der Waals surface area (Å²) in [5, 5.41) is 9.08. The molecule has 0 radical (unpaired) electrons. The molecule has 1 fully saturated rings. The van der Waals surface area contributed by atoms with Gasteiger partial charge in [0.05, 0.1) is 11.3 Å². The Hall–Kier alpha value is -2.15. The lowest BCUT2D eigenvalue weighted by Gasteiger charge is -2.41. The summed E-state index contributed by atoms with van der Waals surface area (Å²) in [5.41, 5.74) is 3.58. The number of anilines is 1. The van der Waals surface area contributed by atoms with Crippen LogP contribution < -0.4 is 4.90 Å². The van der Waals surface area contributed by atoms with Crippen molar-refractivity contribution in [2.45, 2.75) is 51.7 Å². The zero-order valence-electron chi connectivity index (χ0n) is 17.2. The van der Waals surface area contributed by atoms with Crippen molar-refractivity contribution in [1.29, 1.82) is 0 Å². The molecule has 0 N–H and O–H groups in total. The number of rotatable bonds is 2. The predicted octanol–water partition coefficient (Wildman–Crippen LogP) is 4.63.